The van der Waals surface area contributed by atoms with Gasteiger partial charge in [0.05, 0.1) is 15.7 Å². The predicted octanol–water partition coefficient (Wildman–Crippen LogP) is 4.45. The molecule has 0 radical (unpaired) electrons. The Labute approximate surface area is 138 Å². The highest BCUT2D eigenvalue weighted by Gasteiger charge is 2.12. The van der Waals surface area contributed by atoms with Crippen molar-refractivity contribution in [1.29, 1.82) is 5.26 Å². The van der Waals surface area contributed by atoms with Gasteiger partial charge >= 0.3 is 0 Å². The first-order chi connectivity index (χ1) is 10.6. The highest BCUT2D eigenvalue weighted by molar-refractivity contribution is 6.44. The fourth-order valence-corrected chi connectivity index (χ4v) is 1.98. The summed E-state index contributed by atoms with van der Waals surface area (Å²) in [6.45, 7) is 0. The number of nitriles is 1. The van der Waals surface area contributed by atoms with Crippen molar-refractivity contribution in [1.82, 2.24) is 0 Å². The van der Waals surface area contributed by atoms with Crippen LogP contribution in [0.4, 0.5) is 11.4 Å². The fraction of sp³-hybridized carbons (Fsp3) is 0. The third-order valence-corrected chi connectivity index (χ3v) is 3.54. The summed E-state index contributed by atoms with van der Waals surface area (Å²) in [5.41, 5.74) is 1.03. The van der Waals surface area contributed by atoms with E-state index in [-0.39, 0.29) is 10.6 Å². The van der Waals surface area contributed by atoms with E-state index in [2.05, 4.69) is 10.6 Å². The number of halogens is 2. The summed E-state index contributed by atoms with van der Waals surface area (Å²) in [5, 5.41) is 15.1. The Kier molecular flexibility index (Phi) is 5.42. The minimum atomic E-state index is -0.574. The van der Waals surface area contributed by atoms with Crippen molar-refractivity contribution < 1.29 is 4.79 Å². The normalized spacial score (nSPS) is 10.7. The zero-order chi connectivity index (χ0) is 15.9. The second kappa shape index (κ2) is 7.51. The van der Waals surface area contributed by atoms with Crippen molar-refractivity contribution in [2.45, 2.75) is 0 Å². The zero-order valence-electron chi connectivity index (χ0n) is 11.3. The van der Waals surface area contributed by atoms with Crippen LogP contribution in [-0.4, -0.2) is 5.91 Å². The Morgan fingerprint density at radius 1 is 1.09 bits per heavy atom. The Bertz CT molecular complexity index is 752. The van der Waals surface area contributed by atoms with E-state index in [0.717, 1.165) is 5.69 Å². The molecule has 110 valence electrons. The Morgan fingerprint density at radius 2 is 1.82 bits per heavy atom. The largest absolute Gasteiger partial charge is 0.360 e. The minimum absolute atomic E-state index is 0.0834. The highest BCUT2D eigenvalue weighted by atomic mass is 35.5. The average molecular weight is 332 g/mol. The molecule has 0 spiro atoms. The summed E-state index contributed by atoms with van der Waals surface area (Å²) in [6.07, 6.45) is 1.34. The Balaban J connectivity index is 2.12. The van der Waals surface area contributed by atoms with E-state index < -0.39 is 5.91 Å². The van der Waals surface area contributed by atoms with Gasteiger partial charge in [-0.2, -0.15) is 5.26 Å². The smallest absolute Gasteiger partial charge is 0.267 e. The van der Waals surface area contributed by atoms with Crippen LogP contribution in [0.15, 0.2) is 60.3 Å². The zero-order valence-corrected chi connectivity index (χ0v) is 12.8. The molecule has 2 N–H and O–H groups in total. The Morgan fingerprint density at radius 3 is 2.50 bits per heavy atom. The van der Waals surface area contributed by atoms with E-state index in [1.165, 1.54) is 6.20 Å². The highest BCUT2D eigenvalue weighted by Crippen LogP contribution is 2.29. The van der Waals surface area contributed by atoms with Gasteiger partial charge < -0.3 is 10.6 Å². The molecule has 0 unspecified atom stereocenters. The molecule has 0 atom stereocenters. The van der Waals surface area contributed by atoms with Crippen LogP contribution in [0.3, 0.4) is 0 Å². The van der Waals surface area contributed by atoms with Gasteiger partial charge in [0.25, 0.3) is 5.91 Å². The molecule has 2 rings (SSSR count). The van der Waals surface area contributed by atoms with E-state index >= 15 is 0 Å². The van der Waals surface area contributed by atoms with Crippen molar-refractivity contribution in [2.24, 2.45) is 0 Å². The van der Waals surface area contributed by atoms with Crippen molar-refractivity contribution >= 4 is 40.5 Å². The minimum Gasteiger partial charge on any atom is -0.360 e. The molecule has 2 aromatic carbocycles. The van der Waals surface area contributed by atoms with Gasteiger partial charge in [-0.3, -0.25) is 4.79 Å². The van der Waals surface area contributed by atoms with E-state index in [0.29, 0.717) is 10.7 Å². The number of nitrogens with one attached hydrogen (secondary N) is 2. The molecule has 0 aliphatic rings. The lowest BCUT2D eigenvalue weighted by Gasteiger charge is -2.07. The molecule has 0 aliphatic heterocycles. The number of nitrogens with zero attached hydrogens (tertiary/aromatic N) is 1. The summed E-state index contributed by atoms with van der Waals surface area (Å²) in [4.78, 5) is 12.1. The number of anilines is 2. The lowest BCUT2D eigenvalue weighted by atomic mass is 10.2. The van der Waals surface area contributed by atoms with Crippen LogP contribution < -0.4 is 10.6 Å². The molecule has 4 nitrogen and oxygen atoms in total. The molecular weight excluding hydrogens is 321 g/mol. The lowest BCUT2D eigenvalue weighted by Crippen LogP contribution is -2.14. The third kappa shape index (κ3) is 4.01. The molecule has 0 aromatic heterocycles. The quantitative estimate of drug-likeness (QED) is 0.642. The lowest BCUT2D eigenvalue weighted by molar-refractivity contribution is -0.112. The number of carbonyl (C=O) groups is 1. The number of amides is 1. The number of para-hydroxylation sites is 1. The van der Waals surface area contributed by atoms with Crippen LogP contribution in [0.5, 0.6) is 0 Å². The number of hydrogen-bond donors (Lipinski definition) is 2. The summed E-state index contributed by atoms with van der Waals surface area (Å²) in [5.74, 6) is -0.574. The summed E-state index contributed by atoms with van der Waals surface area (Å²) in [6, 6.07) is 15.9. The topological polar surface area (TPSA) is 64.9 Å². The summed E-state index contributed by atoms with van der Waals surface area (Å²) < 4.78 is 0. The predicted molar refractivity (Wildman–Crippen MR) is 88.9 cm³/mol. The number of benzene rings is 2. The Hall–Kier alpha value is -2.48. The van der Waals surface area contributed by atoms with Crippen molar-refractivity contribution in [3.63, 3.8) is 0 Å². The van der Waals surface area contributed by atoms with Crippen molar-refractivity contribution in [3.05, 3.63) is 70.3 Å². The van der Waals surface area contributed by atoms with Crippen LogP contribution in [-0.2, 0) is 4.79 Å². The molecule has 0 aliphatic carbocycles. The van der Waals surface area contributed by atoms with Crippen LogP contribution in [0, 0.1) is 11.3 Å². The third-order valence-electron chi connectivity index (χ3n) is 2.72. The molecule has 22 heavy (non-hydrogen) atoms. The number of rotatable bonds is 4. The average Bonchev–Trinajstić information content (AvgIpc) is 2.53. The first kappa shape index (κ1) is 15.9. The summed E-state index contributed by atoms with van der Waals surface area (Å²) in [7, 11) is 0. The maximum Gasteiger partial charge on any atom is 0.267 e. The first-order valence-corrected chi connectivity index (χ1v) is 7.04. The summed E-state index contributed by atoms with van der Waals surface area (Å²) >= 11 is 11.9. The van der Waals surface area contributed by atoms with E-state index in [4.69, 9.17) is 28.5 Å². The SMILES string of the molecule is N#C/C(=C/Nc1ccccc1)C(=O)Nc1cccc(Cl)c1Cl. The van der Waals surface area contributed by atoms with Gasteiger partial charge in [-0.15, -0.1) is 0 Å². The molecule has 2 aromatic rings. The van der Waals surface area contributed by atoms with Gasteiger partial charge in [0.2, 0.25) is 0 Å². The van der Waals surface area contributed by atoms with Crippen molar-refractivity contribution in [3.8, 4) is 6.07 Å². The van der Waals surface area contributed by atoms with Crippen LogP contribution in [0.25, 0.3) is 0 Å². The van der Waals surface area contributed by atoms with Gasteiger partial charge in [0.15, 0.2) is 0 Å². The molecule has 0 fully saturated rings. The van der Waals surface area contributed by atoms with Crippen LogP contribution >= 0.6 is 23.2 Å². The molecule has 0 bridgehead atoms. The van der Waals surface area contributed by atoms with Gasteiger partial charge in [0, 0.05) is 11.9 Å². The van der Waals surface area contributed by atoms with E-state index in [9.17, 15) is 4.79 Å². The molecule has 0 saturated heterocycles. The monoisotopic (exact) mass is 331 g/mol. The first-order valence-electron chi connectivity index (χ1n) is 6.29. The molecule has 6 heteroatoms. The molecule has 0 heterocycles. The molecular formula is C16H11Cl2N3O. The van der Waals surface area contributed by atoms with E-state index in [1.54, 1.807) is 18.2 Å². The van der Waals surface area contributed by atoms with Crippen molar-refractivity contribution in [2.75, 3.05) is 10.6 Å². The molecule has 1 amide bonds. The second-order valence-corrected chi connectivity index (χ2v) is 5.02. The maximum absolute atomic E-state index is 12.1. The van der Waals surface area contributed by atoms with Gasteiger partial charge in [0.1, 0.15) is 11.6 Å². The standard InChI is InChI=1S/C16H11Cl2N3O/c17-13-7-4-8-14(15(13)18)21-16(22)11(9-19)10-20-12-5-2-1-3-6-12/h1-8,10,20H,(H,21,22)/b11-10-. The van der Waals surface area contributed by atoms with E-state index in [1.807, 2.05) is 36.4 Å². The fourth-order valence-electron chi connectivity index (χ4n) is 1.63. The van der Waals surface area contributed by atoms with Crippen LogP contribution in [0.1, 0.15) is 0 Å². The maximum atomic E-state index is 12.1. The van der Waals surface area contributed by atoms with Gasteiger partial charge in [-0.25, -0.2) is 0 Å². The molecule has 0 saturated carbocycles. The second-order valence-electron chi connectivity index (χ2n) is 4.24. The van der Waals surface area contributed by atoms with Gasteiger partial charge in [-0.1, -0.05) is 47.5 Å². The number of hydrogen-bond acceptors (Lipinski definition) is 3. The van der Waals surface area contributed by atoms with Gasteiger partial charge in [-0.05, 0) is 24.3 Å². The number of carbonyl (C=O) groups excluding carboxylic acids is 1. The van der Waals surface area contributed by atoms with Crippen LogP contribution in [0.2, 0.25) is 10.0 Å².